The summed E-state index contributed by atoms with van der Waals surface area (Å²) in [5.74, 6) is 1.64. The Kier molecular flexibility index (Phi) is 4.73. The minimum Gasteiger partial charge on any atom is -0.353 e. The standard InChI is InChI=1S/C22H34N2O3/c1-21-8-4-3-5-15(21)17(25)11-13-14(21)6-9-22(2)18(26)12-16(20(13)22)24-19(27)7-10-23/h13-16,20H,3-12,23H2,1-2H3,(H,24,27)/t13-,14+,15-,16?,20-,21-,22-/m1/s1. The molecular formula is C22H34N2O3. The van der Waals surface area contributed by atoms with Crippen LogP contribution in [0.5, 0.6) is 0 Å². The lowest BCUT2D eigenvalue weighted by atomic mass is 9.45. The van der Waals surface area contributed by atoms with Crippen LogP contribution in [0, 0.1) is 34.5 Å². The Balaban J connectivity index is 1.66. The van der Waals surface area contributed by atoms with Crippen LogP contribution in [0.2, 0.25) is 0 Å². The monoisotopic (exact) mass is 374 g/mol. The molecule has 0 aromatic rings. The molecule has 4 rings (SSSR count). The summed E-state index contributed by atoms with van der Waals surface area (Å²) in [7, 11) is 0. The van der Waals surface area contributed by atoms with Crippen molar-refractivity contribution in [2.24, 2.45) is 40.2 Å². The van der Waals surface area contributed by atoms with Gasteiger partial charge in [0, 0.05) is 43.2 Å². The summed E-state index contributed by atoms with van der Waals surface area (Å²) in [6.07, 6.45) is 7.80. The molecule has 150 valence electrons. The van der Waals surface area contributed by atoms with Crippen LogP contribution in [0.3, 0.4) is 0 Å². The average molecular weight is 375 g/mol. The second-order valence-electron chi connectivity index (χ2n) is 10.1. The maximum atomic E-state index is 13.1. The van der Waals surface area contributed by atoms with E-state index < -0.39 is 0 Å². The number of fused-ring (bicyclic) bond motifs is 5. The highest BCUT2D eigenvalue weighted by Gasteiger charge is 2.64. The van der Waals surface area contributed by atoms with Crippen LogP contribution in [0.1, 0.15) is 71.6 Å². The molecule has 7 atom stereocenters. The van der Waals surface area contributed by atoms with Gasteiger partial charge >= 0.3 is 0 Å². The molecule has 0 aromatic carbocycles. The van der Waals surface area contributed by atoms with Crippen molar-refractivity contribution in [2.45, 2.75) is 77.7 Å². The fraction of sp³-hybridized carbons (Fsp3) is 0.864. The third-order valence-electron chi connectivity index (χ3n) is 8.81. The van der Waals surface area contributed by atoms with Crippen molar-refractivity contribution in [1.82, 2.24) is 5.32 Å². The number of ketones is 2. The van der Waals surface area contributed by atoms with Gasteiger partial charge in [0.2, 0.25) is 5.91 Å². The summed E-state index contributed by atoms with van der Waals surface area (Å²) >= 11 is 0. The van der Waals surface area contributed by atoms with Gasteiger partial charge in [-0.15, -0.1) is 0 Å². The molecule has 1 amide bonds. The Morgan fingerprint density at radius 3 is 2.67 bits per heavy atom. The van der Waals surface area contributed by atoms with Crippen molar-refractivity contribution < 1.29 is 14.4 Å². The van der Waals surface area contributed by atoms with E-state index in [9.17, 15) is 14.4 Å². The highest BCUT2D eigenvalue weighted by atomic mass is 16.2. The second-order valence-corrected chi connectivity index (χ2v) is 10.1. The molecule has 5 nitrogen and oxygen atoms in total. The number of hydrogen-bond acceptors (Lipinski definition) is 4. The van der Waals surface area contributed by atoms with Crippen LogP contribution < -0.4 is 11.1 Å². The first-order chi connectivity index (χ1) is 12.8. The summed E-state index contributed by atoms with van der Waals surface area (Å²) < 4.78 is 0. The molecule has 0 spiro atoms. The zero-order valence-electron chi connectivity index (χ0n) is 16.8. The Labute approximate surface area is 162 Å². The first-order valence-corrected chi connectivity index (χ1v) is 10.9. The molecule has 4 saturated carbocycles. The van der Waals surface area contributed by atoms with E-state index in [1.807, 2.05) is 0 Å². The minimum absolute atomic E-state index is 0.0643. The van der Waals surface area contributed by atoms with E-state index >= 15 is 0 Å². The number of Topliss-reactive ketones (excluding diaryl/α,β-unsaturated/α-hetero) is 2. The highest BCUT2D eigenvalue weighted by molar-refractivity contribution is 5.90. The van der Waals surface area contributed by atoms with E-state index in [1.54, 1.807) is 0 Å². The fourth-order valence-corrected chi connectivity index (χ4v) is 7.53. The van der Waals surface area contributed by atoms with Gasteiger partial charge in [-0.3, -0.25) is 14.4 Å². The molecule has 27 heavy (non-hydrogen) atoms. The van der Waals surface area contributed by atoms with E-state index in [2.05, 4.69) is 19.2 Å². The number of nitrogens with two attached hydrogens (primary N) is 1. The number of rotatable bonds is 3. The summed E-state index contributed by atoms with van der Waals surface area (Å²) in [4.78, 5) is 38.3. The van der Waals surface area contributed by atoms with Gasteiger partial charge in [-0.25, -0.2) is 0 Å². The average Bonchev–Trinajstić information content (AvgIpc) is 2.85. The van der Waals surface area contributed by atoms with Crippen LogP contribution in [0.15, 0.2) is 0 Å². The molecule has 0 heterocycles. The SMILES string of the molecule is C[C@]12CCCC[C@@H]1C(=O)C[C@@H]1[C@@H]2CC[C@]2(C)C(=O)CC(NC(=O)CCN)[C@@H]12. The molecule has 0 radical (unpaired) electrons. The van der Waals surface area contributed by atoms with Gasteiger partial charge in [0.15, 0.2) is 0 Å². The van der Waals surface area contributed by atoms with Gasteiger partial charge in [0.05, 0.1) is 0 Å². The Hall–Kier alpha value is -1.23. The van der Waals surface area contributed by atoms with Crippen LogP contribution in [-0.4, -0.2) is 30.1 Å². The van der Waals surface area contributed by atoms with Gasteiger partial charge in [0.1, 0.15) is 11.6 Å². The van der Waals surface area contributed by atoms with E-state index in [1.165, 1.54) is 12.8 Å². The fourth-order valence-electron chi connectivity index (χ4n) is 7.53. The first-order valence-electron chi connectivity index (χ1n) is 10.9. The third-order valence-corrected chi connectivity index (χ3v) is 8.81. The summed E-state index contributed by atoms with van der Waals surface area (Å²) in [6.45, 7) is 4.75. The Morgan fingerprint density at radius 2 is 1.93 bits per heavy atom. The number of nitrogens with one attached hydrogen (secondary N) is 1. The number of carbonyl (C=O) groups excluding carboxylic acids is 3. The maximum absolute atomic E-state index is 13.1. The second kappa shape index (κ2) is 6.68. The minimum atomic E-state index is -0.389. The van der Waals surface area contributed by atoms with Gasteiger partial charge < -0.3 is 11.1 Å². The van der Waals surface area contributed by atoms with Gasteiger partial charge in [0.25, 0.3) is 0 Å². The molecule has 0 bridgehead atoms. The lowest BCUT2D eigenvalue weighted by molar-refractivity contribution is -0.156. The number of carbonyl (C=O) groups is 3. The van der Waals surface area contributed by atoms with E-state index in [-0.39, 0.29) is 46.3 Å². The van der Waals surface area contributed by atoms with Gasteiger partial charge in [-0.2, -0.15) is 0 Å². The first kappa shape index (κ1) is 19.1. The van der Waals surface area contributed by atoms with E-state index in [0.29, 0.717) is 37.5 Å². The molecule has 3 N–H and O–H groups in total. The maximum Gasteiger partial charge on any atom is 0.221 e. The van der Waals surface area contributed by atoms with Crippen LogP contribution in [-0.2, 0) is 14.4 Å². The summed E-state index contributed by atoms with van der Waals surface area (Å²) in [5, 5.41) is 3.12. The van der Waals surface area contributed by atoms with Gasteiger partial charge in [-0.05, 0) is 48.9 Å². The van der Waals surface area contributed by atoms with Gasteiger partial charge in [-0.1, -0.05) is 26.7 Å². The highest BCUT2D eigenvalue weighted by Crippen LogP contribution is 2.64. The molecular weight excluding hydrogens is 340 g/mol. The van der Waals surface area contributed by atoms with Crippen LogP contribution in [0.25, 0.3) is 0 Å². The molecule has 0 saturated heterocycles. The smallest absolute Gasteiger partial charge is 0.221 e. The molecule has 0 aliphatic heterocycles. The molecule has 1 unspecified atom stereocenters. The molecule has 4 fully saturated rings. The lowest BCUT2D eigenvalue weighted by Gasteiger charge is -2.59. The number of amides is 1. The molecule has 4 aliphatic carbocycles. The van der Waals surface area contributed by atoms with Crippen molar-refractivity contribution in [3.05, 3.63) is 0 Å². The summed E-state index contributed by atoms with van der Waals surface area (Å²) in [6, 6.07) is -0.133. The van der Waals surface area contributed by atoms with Crippen LogP contribution in [0.4, 0.5) is 0 Å². The Bertz CT molecular complexity index is 662. The zero-order chi connectivity index (χ0) is 19.4. The predicted octanol–water partition coefficient (Wildman–Crippen LogP) is 2.61. The normalized spacial score (nSPS) is 46.4. The molecule has 0 aromatic heterocycles. The summed E-state index contributed by atoms with van der Waals surface area (Å²) in [5.41, 5.74) is 5.22. The van der Waals surface area contributed by atoms with Crippen molar-refractivity contribution in [3.63, 3.8) is 0 Å². The van der Waals surface area contributed by atoms with Crippen molar-refractivity contribution >= 4 is 17.5 Å². The number of hydrogen-bond donors (Lipinski definition) is 2. The zero-order valence-corrected chi connectivity index (χ0v) is 16.8. The largest absolute Gasteiger partial charge is 0.353 e. The molecule has 5 heteroatoms. The van der Waals surface area contributed by atoms with Crippen molar-refractivity contribution in [3.8, 4) is 0 Å². The van der Waals surface area contributed by atoms with Crippen LogP contribution >= 0.6 is 0 Å². The Morgan fingerprint density at radius 1 is 1.15 bits per heavy atom. The molecule has 4 aliphatic rings. The van der Waals surface area contributed by atoms with Crippen molar-refractivity contribution in [2.75, 3.05) is 6.54 Å². The van der Waals surface area contributed by atoms with E-state index in [4.69, 9.17) is 5.73 Å². The topological polar surface area (TPSA) is 89.3 Å². The quantitative estimate of drug-likeness (QED) is 0.795. The third kappa shape index (κ3) is 2.80. The van der Waals surface area contributed by atoms with Crippen molar-refractivity contribution in [1.29, 1.82) is 0 Å². The lowest BCUT2D eigenvalue weighted by Crippen LogP contribution is -2.58. The van der Waals surface area contributed by atoms with E-state index in [0.717, 1.165) is 25.7 Å². The predicted molar refractivity (Wildman–Crippen MR) is 103 cm³/mol.